The van der Waals surface area contributed by atoms with Crippen molar-refractivity contribution in [2.45, 2.75) is 50.3 Å². The van der Waals surface area contributed by atoms with Crippen LogP contribution in [0.3, 0.4) is 0 Å². The Morgan fingerprint density at radius 3 is 3.04 bits per heavy atom. The van der Waals surface area contributed by atoms with Gasteiger partial charge < -0.3 is 14.8 Å². The summed E-state index contributed by atoms with van der Waals surface area (Å²) in [5.74, 6) is 1.26. The summed E-state index contributed by atoms with van der Waals surface area (Å²) in [5, 5.41) is 17.3. The highest BCUT2D eigenvalue weighted by atomic mass is 16.4. The predicted molar refractivity (Wildman–Crippen MR) is 80.7 cm³/mol. The largest absolute Gasteiger partial charge is 0.435 e. The molecule has 2 aliphatic rings. The van der Waals surface area contributed by atoms with E-state index in [9.17, 15) is 9.90 Å². The van der Waals surface area contributed by atoms with E-state index < -0.39 is 6.10 Å². The van der Waals surface area contributed by atoms with E-state index >= 15 is 0 Å². The number of carbonyl (C=O) groups excluding carboxylic acids is 1. The van der Waals surface area contributed by atoms with Gasteiger partial charge >= 0.3 is 0 Å². The van der Waals surface area contributed by atoms with E-state index in [0.29, 0.717) is 24.1 Å². The van der Waals surface area contributed by atoms with Gasteiger partial charge in [-0.05, 0) is 37.7 Å². The van der Waals surface area contributed by atoms with Gasteiger partial charge in [0, 0.05) is 24.9 Å². The molecule has 2 N–H and O–H groups in total. The number of hydrogen-bond acceptors (Lipinski definition) is 5. The fourth-order valence-corrected chi connectivity index (χ4v) is 3.25. The van der Waals surface area contributed by atoms with Gasteiger partial charge in [0.1, 0.15) is 0 Å². The summed E-state index contributed by atoms with van der Waals surface area (Å²) in [6.07, 6.45) is 8.15. The molecule has 0 saturated heterocycles. The van der Waals surface area contributed by atoms with Crippen molar-refractivity contribution in [3.05, 3.63) is 36.3 Å². The maximum Gasteiger partial charge on any atom is 0.289 e. The summed E-state index contributed by atoms with van der Waals surface area (Å²) in [6, 6.07) is 1.63. The summed E-state index contributed by atoms with van der Waals surface area (Å²) < 4.78 is 7.37. The van der Waals surface area contributed by atoms with Crippen molar-refractivity contribution in [2.24, 2.45) is 5.92 Å². The van der Waals surface area contributed by atoms with E-state index in [1.165, 1.54) is 6.20 Å². The lowest BCUT2D eigenvalue weighted by molar-refractivity contribution is 0.0844. The monoisotopic (exact) mass is 316 g/mol. The van der Waals surface area contributed by atoms with Crippen molar-refractivity contribution in [3.8, 4) is 0 Å². The number of carbonyl (C=O) groups is 1. The van der Waals surface area contributed by atoms with Gasteiger partial charge in [0.15, 0.2) is 5.89 Å². The zero-order chi connectivity index (χ0) is 15.8. The Morgan fingerprint density at radius 1 is 1.43 bits per heavy atom. The van der Waals surface area contributed by atoms with Crippen molar-refractivity contribution in [3.63, 3.8) is 0 Å². The molecule has 23 heavy (non-hydrogen) atoms. The summed E-state index contributed by atoms with van der Waals surface area (Å²) in [5.41, 5.74) is 0. The lowest BCUT2D eigenvalue weighted by Crippen LogP contribution is -2.39. The zero-order valence-corrected chi connectivity index (χ0v) is 12.8. The van der Waals surface area contributed by atoms with Crippen LogP contribution in [-0.2, 0) is 6.54 Å². The minimum Gasteiger partial charge on any atom is -0.435 e. The van der Waals surface area contributed by atoms with E-state index in [2.05, 4.69) is 15.4 Å². The van der Waals surface area contributed by atoms with E-state index in [-0.39, 0.29) is 17.7 Å². The molecule has 2 aromatic heterocycles. The lowest BCUT2D eigenvalue weighted by atomic mass is 10.1. The third-order valence-corrected chi connectivity index (χ3v) is 4.62. The Kier molecular flexibility index (Phi) is 3.65. The molecule has 2 heterocycles. The number of aliphatic hydroxyl groups excluding tert-OH is 1. The standard InChI is InChI=1S/C16H20N4O3/c21-13-7-10(9-20-5-1-4-18-20)6-12(13)19-15(22)14-8-17-16(23-14)11-2-3-11/h1,4-5,8,10-13,21H,2-3,6-7,9H2,(H,19,22)/t10?,12-,13-/m1/s1. The van der Waals surface area contributed by atoms with E-state index in [0.717, 1.165) is 25.8 Å². The number of hydrogen-bond donors (Lipinski definition) is 2. The van der Waals surface area contributed by atoms with Gasteiger partial charge in [-0.2, -0.15) is 5.10 Å². The SMILES string of the molecule is O=C(N[C@@H]1CC(Cn2cccn2)C[C@H]1O)c1cnc(C2CC2)o1. The number of nitrogens with one attached hydrogen (secondary N) is 1. The molecule has 3 atom stereocenters. The van der Waals surface area contributed by atoms with Crippen LogP contribution in [0.5, 0.6) is 0 Å². The Bertz CT molecular complexity index is 677. The highest BCUT2D eigenvalue weighted by Crippen LogP contribution is 2.39. The molecule has 1 unspecified atom stereocenters. The van der Waals surface area contributed by atoms with Crippen molar-refractivity contribution in [2.75, 3.05) is 0 Å². The molecule has 4 rings (SSSR count). The molecule has 0 bridgehead atoms. The molecule has 0 radical (unpaired) electrons. The Hall–Kier alpha value is -2.15. The van der Waals surface area contributed by atoms with Crippen LogP contribution in [0.2, 0.25) is 0 Å². The molecule has 7 nitrogen and oxygen atoms in total. The van der Waals surface area contributed by atoms with Crippen LogP contribution in [0.4, 0.5) is 0 Å². The molecule has 0 aliphatic heterocycles. The average molecular weight is 316 g/mol. The third-order valence-electron chi connectivity index (χ3n) is 4.62. The third kappa shape index (κ3) is 3.14. The minimum absolute atomic E-state index is 0.231. The molecule has 7 heteroatoms. The smallest absolute Gasteiger partial charge is 0.289 e. The van der Waals surface area contributed by atoms with E-state index in [1.807, 2.05) is 16.9 Å². The van der Waals surface area contributed by atoms with Crippen molar-refractivity contribution in [1.82, 2.24) is 20.1 Å². The number of rotatable bonds is 5. The highest BCUT2D eigenvalue weighted by molar-refractivity contribution is 5.91. The van der Waals surface area contributed by atoms with Gasteiger partial charge in [-0.25, -0.2) is 4.98 Å². The molecule has 2 fully saturated rings. The fourth-order valence-electron chi connectivity index (χ4n) is 3.25. The normalized spacial score (nSPS) is 27.3. The predicted octanol–water partition coefficient (Wildman–Crippen LogP) is 1.32. The molecule has 0 spiro atoms. The van der Waals surface area contributed by atoms with Gasteiger partial charge in [0.2, 0.25) is 5.76 Å². The number of aliphatic hydroxyl groups is 1. The molecule has 2 saturated carbocycles. The van der Waals surface area contributed by atoms with Crippen molar-refractivity contribution >= 4 is 5.91 Å². The second-order valence-electron chi connectivity index (χ2n) is 6.55. The van der Waals surface area contributed by atoms with Crippen molar-refractivity contribution in [1.29, 1.82) is 0 Å². The minimum atomic E-state index is -0.537. The maximum atomic E-state index is 12.3. The Morgan fingerprint density at radius 2 is 2.30 bits per heavy atom. The molecule has 1 amide bonds. The van der Waals surface area contributed by atoms with Crippen LogP contribution in [-0.4, -0.2) is 37.9 Å². The highest BCUT2D eigenvalue weighted by Gasteiger charge is 2.35. The van der Waals surface area contributed by atoms with Gasteiger partial charge in [0.25, 0.3) is 5.91 Å². The first kappa shape index (κ1) is 14.4. The number of aromatic nitrogens is 3. The Labute approximate surface area is 133 Å². The van der Waals surface area contributed by atoms with Crippen LogP contribution in [0.15, 0.2) is 29.1 Å². The number of amides is 1. The van der Waals surface area contributed by atoms with Crippen LogP contribution in [0.1, 0.15) is 48.0 Å². The van der Waals surface area contributed by atoms with Crippen LogP contribution < -0.4 is 5.32 Å². The molecular weight excluding hydrogens is 296 g/mol. The molecule has 122 valence electrons. The van der Waals surface area contributed by atoms with Crippen LogP contribution in [0.25, 0.3) is 0 Å². The Balaban J connectivity index is 1.35. The summed E-state index contributed by atoms with van der Waals surface area (Å²) in [6.45, 7) is 0.755. The first-order valence-electron chi connectivity index (χ1n) is 8.11. The van der Waals surface area contributed by atoms with Gasteiger partial charge in [0.05, 0.1) is 18.3 Å². The second kappa shape index (κ2) is 5.81. The fraction of sp³-hybridized carbons (Fsp3) is 0.562. The zero-order valence-electron chi connectivity index (χ0n) is 12.8. The van der Waals surface area contributed by atoms with E-state index in [1.54, 1.807) is 6.20 Å². The quantitative estimate of drug-likeness (QED) is 0.868. The van der Waals surface area contributed by atoms with Gasteiger partial charge in [-0.1, -0.05) is 0 Å². The first-order chi connectivity index (χ1) is 11.2. The maximum absolute atomic E-state index is 12.3. The molecule has 2 aromatic rings. The summed E-state index contributed by atoms with van der Waals surface area (Å²) in [4.78, 5) is 16.4. The summed E-state index contributed by atoms with van der Waals surface area (Å²) in [7, 11) is 0. The second-order valence-corrected chi connectivity index (χ2v) is 6.55. The molecule has 0 aromatic carbocycles. The lowest BCUT2D eigenvalue weighted by Gasteiger charge is -2.15. The van der Waals surface area contributed by atoms with Crippen LogP contribution in [0, 0.1) is 5.92 Å². The first-order valence-corrected chi connectivity index (χ1v) is 8.11. The van der Waals surface area contributed by atoms with Crippen LogP contribution >= 0.6 is 0 Å². The average Bonchev–Trinajstić information content (AvgIpc) is 2.94. The van der Waals surface area contributed by atoms with E-state index in [4.69, 9.17) is 4.42 Å². The topological polar surface area (TPSA) is 93.2 Å². The number of oxazole rings is 1. The van der Waals surface area contributed by atoms with Gasteiger partial charge in [-0.3, -0.25) is 9.48 Å². The number of nitrogens with zero attached hydrogens (tertiary/aromatic N) is 3. The van der Waals surface area contributed by atoms with Crippen molar-refractivity contribution < 1.29 is 14.3 Å². The molecule has 2 aliphatic carbocycles. The van der Waals surface area contributed by atoms with Gasteiger partial charge in [-0.15, -0.1) is 0 Å². The summed E-state index contributed by atoms with van der Waals surface area (Å²) >= 11 is 0. The molecular formula is C16H20N4O3.